The first-order valence-corrected chi connectivity index (χ1v) is 5.26. The number of carbonyl (C=O) groups is 1. The van der Waals surface area contributed by atoms with Gasteiger partial charge >= 0.3 is 0 Å². The zero-order chi connectivity index (χ0) is 12.3. The second-order valence-corrected chi connectivity index (χ2v) is 4.14. The summed E-state index contributed by atoms with van der Waals surface area (Å²) >= 11 is 0. The normalized spacial score (nSPS) is 12.0. The summed E-state index contributed by atoms with van der Waals surface area (Å²) in [5.41, 5.74) is 8.40. The van der Waals surface area contributed by atoms with E-state index in [4.69, 9.17) is 5.73 Å². The van der Waals surface area contributed by atoms with E-state index in [1.54, 1.807) is 19.0 Å². The smallest absolute Gasteiger partial charge is 0.244 e. The Balaban J connectivity index is 2.85. The van der Waals surface area contributed by atoms with Crippen LogP contribution in [0.1, 0.15) is 12.5 Å². The van der Waals surface area contributed by atoms with Gasteiger partial charge in [0.05, 0.1) is 11.4 Å². The van der Waals surface area contributed by atoms with Crippen molar-refractivity contribution in [3.63, 3.8) is 0 Å². The highest BCUT2D eigenvalue weighted by Crippen LogP contribution is 2.23. The van der Waals surface area contributed by atoms with Crippen molar-refractivity contribution in [3.05, 3.63) is 23.8 Å². The van der Waals surface area contributed by atoms with Crippen LogP contribution in [0.15, 0.2) is 18.2 Å². The number of benzene rings is 1. The van der Waals surface area contributed by atoms with Crippen LogP contribution in [0.2, 0.25) is 0 Å². The minimum Gasteiger partial charge on any atom is -0.397 e. The van der Waals surface area contributed by atoms with Crippen LogP contribution in [0.3, 0.4) is 0 Å². The number of para-hydroxylation sites is 1. The molecule has 1 aromatic rings. The Morgan fingerprint density at radius 1 is 1.44 bits per heavy atom. The number of carbonyl (C=O) groups excluding carboxylic acids is 1. The summed E-state index contributed by atoms with van der Waals surface area (Å²) in [5, 5.41) is 3.14. The molecule has 4 heteroatoms. The molecule has 3 N–H and O–H groups in total. The fraction of sp³-hybridized carbons (Fsp3) is 0.417. The van der Waals surface area contributed by atoms with Crippen molar-refractivity contribution in [2.45, 2.75) is 19.9 Å². The molecule has 16 heavy (non-hydrogen) atoms. The van der Waals surface area contributed by atoms with Gasteiger partial charge in [-0.15, -0.1) is 0 Å². The maximum Gasteiger partial charge on any atom is 0.244 e. The summed E-state index contributed by atoms with van der Waals surface area (Å²) in [6.07, 6.45) is 0. The van der Waals surface area contributed by atoms with E-state index in [9.17, 15) is 4.79 Å². The maximum absolute atomic E-state index is 11.7. The number of nitrogen functional groups attached to an aromatic ring is 1. The predicted molar refractivity (Wildman–Crippen MR) is 67.4 cm³/mol. The first-order valence-electron chi connectivity index (χ1n) is 5.26. The summed E-state index contributed by atoms with van der Waals surface area (Å²) < 4.78 is 0. The molecule has 1 unspecified atom stereocenters. The zero-order valence-electron chi connectivity index (χ0n) is 10.2. The molecule has 1 rings (SSSR count). The van der Waals surface area contributed by atoms with E-state index in [2.05, 4.69) is 5.32 Å². The van der Waals surface area contributed by atoms with Crippen LogP contribution in [-0.4, -0.2) is 30.9 Å². The van der Waals surface area contributed by atoms with Gasteiger partial charge < -0.3 is 16.0 Å². The molecular weight excluding hydrogens is 202 g/mol. The fourth-order valence-electron chi connectivity index (χ4n) is 1.55. The van der Waals surface area contributed by atoms with Crippen molar-refractivity contribution < 1.29 is 4.79 Å². The third-order valence-electron chi connectivity index (χ3n) is 2.48. The van der Waals surface area contributed by atoms with E-state index in [1.807, 2.05) is 32.0 Å². The van der Waals surface area contributed by atoms with E-state index in [1.165, 1.54) is 0 Å². The van der Waals surface area contributed by atoms with Gasteiger partial charge in [0.1, 0.15) is 6.04 Å². The second-order valence-electron chi connectivity index (χ2n) is 4.14. The van der Waals surface area contributed by atoms with Crippen LogP contribution in [0.4, 0.5) is 11.4 Å². The molecule has 0 radical (unpaired) electrons. The predicted octanol–water partition coefficient (Wildman–Crippen LogP) is 1.47. The molecule has 0 aliphatic rings. The molecule has 1 aromatic carbocycles. The van der Waals surface area contributed by atoms with Gasteiger partial charge in [0, 0.05) is 14.1 Å². The number of nitrogens with one attached hydrogen (secondary N) is 1. The van der Waals surface area contributed by atoms with Crippen molar-refractivity contribution >= 4 is 17.3 Å². The van der Waals surface area contributed by atoms with Gasteiger partial charge in [-0.3, -0.25) is 4.79 Å². The van der Waals surface area contributed by atoms with Crippen molar-refractivity contribution in [1.29, 1.82) is 0 Å². The lowest BCUT2D eigenvalue weighted by Crippen LogP contribution is -2.36. The minimum atomic E-state index is -0.279. The maximum atomic E-state index is 11.7. The van der Waals surface area contributed by atoms with Crippen LogP contribution < -0.4 is 11.1 Å². The van der Waals surface area contributed by atoms with Gasteiger partial charge in [0.2, 0.25) is 5.91 Å². The molecule has 0 bridgehead atoms. The number of nitrogens with zero attached hydrogens (tertiary/aromatic N) is 1. The van der Waals surface area contributed by atoms with Gasteiger partial charge in [0.25, 0.3) is 0 Å². The molecule has 4 nitrogen and oxygen atoms in total. The first-order chi connectivity index (χ1) is 7.43. The highest BCUT2D eigenvalue weighted by Gasteiger charge is 2.16. The number of amides is 1. The molecular formula is C12H19N3O. The number of hydrogen-bond donors (Lipinski definition) is 2. The molecule has 0 heterocycles. The fourth-order valence-corrected chi connectivity index (χ4v) is 1.55. The Kier molecular flexibility index (Phi) is 3.77. The summed E-state index contributed by atoms with van der Waals surface area (Å²) in [7, 11) is 3.48. The first kappa shape index (κ1) is 12.4. The number of nitrogens with two attached hydrogens (primary N) is 1. The van der Waals surface area contributed by atoms with Gasteiger partial charge in [-0.25, -0.2) is 0 Å². The Morgan fingerprint density at radius 3 is 2.56 bits per heavy atom. The number of anilines is 2. The van der Waals surface area contributed by atoms with E-state index in [-0.39, 0.29) is 11.9 Å². The van der Waals surface area contributed by atoms with Crippen LogP contribution in [0, 0.1) is 6.92 Å². The van der Waals surface area contributed by atoms with Crippen LogP contribution in [-0.2, 0) is 4.79 Å². The largest absolute Gasteiger partial charge is 0.397 e. The molecule has 1 amide bonds. The Morgan fingerprint density at radius 2 is 2.06 bits per heavy atom. The Hall–Kier alpha value is -1.71. The number of aryl methyl sites for hydroxylation is 1. The van der Waals surface area contributed by atoms with Crippen molar-refractivity contribution in [2.75, 3.05) is 25.1 Å². The van der Waals surface area contributed by atoms with Gasteiger partial charge in [-0.05, 0) is 25.5 Å². The molecule has 88 valence electrons. The third-order valence-corrected chi connectivity index (χ3v) is 2.48. The summed E-state index contributed by atoms with van der Waals surface area (Å²) in [6, 6.07) is 5.40. The molecule has 0 spiro atoms. The number of rotatable bonds is 3. The van der Waals surface area contributed by atoms with Crippen LogP contribution in [0.25, 0.3) is 0 Å². The quantitative estimate of drug-likeness (QED) is 0.760. The lowest BCUT2D eigenvalue weighted by atomic mass is 10.1. The van der Waals surface area contributed by atoms with Crippen LogP contribution >= 0.6 is 0 Å². The van der Waals surface area contributed by atoms with Crippen molar-refractivity contribution in [2.24, 2.45) is 0 Å². The van der Waals surface area contributed by atoms with Gasteiger partial charge in [-0.1, -0.05) is 12.1 Å². The van der Waals surface area contributed by atoms with E-state index in [0.717, 1.165) is 11.3 Å². The number of hydrogen-bond acceptors (Lipinski definition) is 3. The summed E-state index contributed by atoms with van der Waals surface area (Å²) in [5.74, 6) is 0.0302. The number of likely N-dealkylation sites (N-methyl/N-ethyl adjacent to an activating group) is 1. The Labute approximate surface area is 96.4 Å². The molecule has 0 saturated heterocycles. The highest BCUT2D eigenvalue weighted by molar-refractivity contribution is 5.85. The van der Waals surface area contributed by atoms with E-state index < -0.39 is 0 Å². The molecule has 0 aromatic heterocycles. The zero-order valence-corrected chi connectivity index (χ0v) is 10.2. The van der Waals surface area contributed by atoms with E-state index >= 15 is 0 Å². The average molecular weight is 221 g/mol. The molecule has 0 saturated carbocycles. The minimum absolute atomic E-state index is 0.0302. The standard InChI is InChI=1S/C12H19N3O/c1-8-6-5-7-10(13)11(8)14-9(2)12(16)15(3)4/h5-7,9,14H,13H2,1-4H3. The topological polar surface area (TPSA) is 58.4 Å². The van der Waals surface area contributed by atoms with Gasteiger partial charge in [-0.2, -0.15) is 0 Å². The summed E-state index contributed by atoms with van der Waals surface area (Å²) in [6.45, 7) is 3.79. The lowest BCUT2D eigenvalue weighted by Gasteiger charge is -2.21. The SMILES string of the molecule is Cc1cccc(N)c1NC(C)C(=O)N(C)C. The monoisotopic (exact) mass is 221 g/mol. The summed E-state index contributed by atoms with van der Waals surface area (Å²) in [4.78, 5) is 13.3. The second kappa shape index (κ2) is 4.88. The van der Waals surface area contributed by atoms with Gasteiger partial charge in [0.15, 0.2) is 0 Å². The average Bonchev–Trinajstić information content (AvgIpc) is 2.22. The molecule has 0 aliphatic heterocycles. The Bertz CT molecular complexity index is 368. The van der Waals surface area contributed by atoms with E-state index in [0.29, 0.717) is 5.69 Å². The van der Waals surface area contributed by atoms with Crippen molar-refractivity contribution in [3.8, 4) is 0 Å². The van der Waals surface area contributed by atoms with Crippen molar-refractivity contribution in [1.82, 2.24) is 4.90 Å². The molecule has 0 aliphatic carbocycles. The highest BCUT2D eigenvalue weighted by atomic mass is 16.2. The molecule has 1 atom stereocenters. The molecule has 0 fully saturated rings. The lowest BCUT2D eigenvalue weighted by molar-refractivity contribution is -0.129. The van der Waals surface area contributed by atoms with Crippen LogP contribution in [0.5, 0.6) is 0 Å². The third kappa shape index (κ3) is 2.66.